The summed E-state index contributed by atoms with van der Waals surface area (Å²) in [7, 11) is 0. The Morgan fingerprint density at radius 2 is 2.03 bits per heavy atom. The third kappa shape index (κ3) is 5.04. The van der Waals surface area contributed by atoms with Crippen molar-refractivity contribution in [1.82, 2.24) is 14.9 Å². The van der Waals surface area contributed by atoms with Crippen molar-refractivity contribution in [1.29, 1.82) is 0 Å². The number of nitrogens with zero attached hydrogens (tertiary/aromatic N) is 3. The molecule has 184 valence electrons. The van der Waals surface area contributed by atoms with Crippen molar-refractivity contribution in [2.45, 2.75) is 12.8 Å². The van der Waals surface area contributed by atoms with Gasteiger partial charge in [0.15, 0.2) is 11.6 Å². The standard InChI is InChI=1S/C27H27N5O3S/c33-24-17-19-15-20(5-6-22(19)29-24)28-27-25-23(7-14-36-25)30-26(31-27)18-3-1-4-21(16-18)35-11-2-8-32-9-12-34-13-10-32/h1,3-7,14-16H,2,8-13,17H2,(H,29,33)(H,28,30,31). The first-order valence-corrected chi connectivity index (χ1v) is 13.1. The van der Waals surface area contributed by atoms with Gasteiger partial charge in [0, 0.05) is 36.6 Å². The number of fused-ring (bicyclic) bond motifs is 2. The molecule has 1 fully saturated rings. The predicted molar refractivity (Wildman–Crippen MR) is 142 cm³/mol. The second-order valence-electron chi connectivity index (χ2n) is 8.94. The van der Waals surface area contributed by atoms with Crippen molar-refractivity contribution >= 4 is 44.7 Å². The van der Waals surface area contributed by atoms with Crippen molar-refractivity contribution in [2.24, 2.45) is 0 Å². The second-order valence-corrected chi connectivity index (χ2v) is 9.85. The van der Waals surface area contributed by atoms with E-state index in [2.05, 4.69) is 15.5 Å². The molecule has 0 spiro atoms. The fraction of sp³-hybridized carbons (Fsp3) is 0.296. The van der Waals surface area contributed by atoms with Crippen LogP contribution in [-0.2, 0) is 16.0 Å². The monoisotopic (exact) mass is 501 g/mol. The minimum absolute atomic E-state index is 0.0234. The van der Waals surface area contributed by atoms with Crippen LogP contribution in [0.25, 0.3) is 21.6 Å². The van der Waals surface area contributed by atoms with Crippen molar-refractivity contribution in [3.05, 3.63) is 59.5 Å². The number of benzene rings is 2. The van der Waals surface area contributed by atoms with Gasteiger partial charge in [-0.1, -0.05) is 12.1 Å². The van der Waals surface area contributed by atoms with Crippen LogP contribution in [0, 0.1) is 0 Å². The fourth-order valence-electron chi connectivity index (χ4n) is 4.55. The number of thiophene rings is 1. The number of rotatable bonds is 8. The van der Waals surface area contributed by atoms with Gasteiger partial charge in [0.2, 0.25) is 5.91 Å². The van der Waals surface area contributed by atoms with Crippen LogP contribution in [0.15, 0.2) is 53.9 Å². The molecule has 4 heterocycles. The summed E-state index contributed by atoms with van der Waals surface area (Å²) < 4.78 is 12.4. The molecule has 9 heteroatoms. The van der Waals surface area contributed by atoms with E-state index < -0.39 is 0 Å². The van der Waals surface area contributed by atoms with Gasteiger partial charge in [-0.25, -0.2) is 9.97 Å². The number of nitrogens with one attached hydrogen (secondary N) is 2. The molecule has 1 amide bonds. The van der Waals surface area contributed by atoms with E-state index >= 15 is 0 Å². The molecule has 0 bridgehead atoms. The molecular weight excluding hydrogens is 474 g/mol. The lowest BCUT2D eigenvalue weighted by molar-refractivity contribution is -0.115. The first-order chi connectivity index (χ1) is 17.7. The molecule has 0 saturated carbocycles. The quantitative estimate of drug-likeness (QED) is 0.339. The van der Waals surface area contributed by atoms with E-state index in [9.17, 15) is 4.79 Å². The van der Waals surface area contributed by atoms with E-state index in [0.717, 1.165) is 83.6 Å². The molecule has 0 radical (unpaired) electrons. The van der Waals surface area contributed by atoms with Gasteiger partial charge < -0.3 is 20.1 Å². The number of hydrogen-bond donors (Lipinski definition) is 2. The molecule has 0 atom stereocenters. The molecule has 2 aliphatic heterocycles. The Balaban J connectivity index is 1.19. The van der Waals surface area contributed by atoms with Crippen LogP contribution in [0.2, 0.25) is 0 Å². The second kappa shape index (κ2) is 10.2. The van der Waals surface area contributed by atoms with Gasteiger partial charge in [0.05, 0.1) is 36.5 Å². The zero-order chi connectivity index (χ0) is 24.3. The van der Waals surface area contributed by atoms with Crippen LogP contribution < -0.4 is 15.4 Å². The Kier molecular flexibility index (Phi) is 6.50. The average Bonchev–Trinajstić information content (AvgIpc) is 3.53. The lowest BCUT2D eigenvalue weighted by Gasteiger charge is -2.26. The van der Waals surface area contributed by atoms with Crippen molar-refractivity contribution in [3.63, 3.8) is 0 Å². The molecular formula is C27H27N5O3S. The number of ether oxygens (including phenoxy) is 2. The van der Waals surface area contributed by atoms with Gasteiger partial charge in [-0.2, -0.15) is 0 Å². The van der Waals surface area contributed by atoms with Crippen LogP contribution in [0.4, 0.5) is 17.2 Å². The number of carbonyl (C=O) groups excluding carboxylic acids is 1. The summed E-state index contributed by atoms with van der Waals surface area (Å²) in [6, 6.07) is 15.8. The Bertz CT molecular complexity index is 1400. The normalized spacial score (nSPS) is 15.6. The summed E-state index contributed by atoms with van der Waals surface area (Å²) in [6.45, 7) is 5.30. The van der Waals surface area contributed by atoms with Crippen molar-refractivity contribution in [3.8, 4) is 17.1 Å². The van der Waals surface area contributed by atoms with Gasteiger partial charge in [0.1, 0.15) is 5.75 Å². The number of hydrogen-bond acceptors (Lipinski definition) is 8. The molecule has 8 nitrogen and oxygen atoms in total. The summed E-state index contributed by atoms with van der Waals surface area (Å²) in [6.07, 6.45) is 1.37. The van der Waals surface area contributed by atoms with Gasteiger partial charge in [0.25, 0.3) is 0 Å². The maximum atomic E-state index is 11.7. The zero-order valence-electron chi connectivity index (χ0n) is 19.8. The Morgan fingerprint density at radius 3 is 2.94 bits per heavy atom. The molecule has 0 aliphatic carbocycles. The van der Waals surface area contributed by atoms with E-state index in [-0.39, 0.29) is 5.91 Å². The van der Waals surface area contributed by atoms with Crippen molar-refractivity contribution < 1.29 is 14.3 Å². The van der Waals surface area contributed by atoms with Gasteiger partial charge in [-0.05, 0) is 53.8 Å². The number of morpholine rings is 1. The van der Waals surface area contributed by atoms with Crippen molar-refractivity contribution in [2.75, 3.05) is 50.1 Å². The average molecular weight is 502 g/mol. The Labute approximate surface area is 213 Å². The molecule has 4 aromatic rings. The molecule has 6 rings (SSSR count). The van der Waals surface area contributed by atoms with E-state index in [1.807, 2.05) is 53.9 Å². The lowest BCUT2D eigenvalue weighted by atomic mass is 10.1. The molecule has 2 aliphatic rings. The summed E-state index contributed by atoms with van der Waals surface area (Å²) >= 11 is 1.60. The van der Waals surface area contributed by atoms with E-state index in [1.165, 1.54) is 0 Å². The third-order valence-corrected chi connectivity index (χ3v) is 7.29. The maximum Gasteiger partial charge on any atom is 0.228 e. The number of anilines is 3. The lowest BCUT2D eigenvalue weighted by Crippen LogP contribution is -2.37. The van der Waals surface area contributed by atoms with Gasteiger partial charge in [-0.15, -0.1) is 11.3 Å². The number of carbonyl (C=O) groups is 1. The Hall–Kier alpha value is -3.53. The van der Waals surface area contributed by atoms with Crippen LogP contribution in [0.3, 0.4) is 0 Å². The van der Waals surface area contributed by atoms with E-state index in [4.69, 9.17) is 19.4 Å². The molecule has 36 heavy (non-hydrogen) atoms. The molecule has 2 aromatic heterocycles. The molecule has 1 saturated heterocycles. The first-order valence-electron chi connectivity index (χ1n) is 12.2. The topological polar surface area (TPSA) is 88.6 Å². The Morgan fingerprint density at radius 1 is 1.11 bits per heavy atom. The third-order valence-electron chi connectivity index (χ3n) is 6.38. The molecule has 0 unspecified atom stereocenters. The summed E-state index contributed by atoms with van der Waals surface area (Å²) in [4.78, 5) is 23.8. The van der Waals surface area contributed by atoms with Crippen LogP contribution in [0.1, 0.15) is 12.0 Å². The number of aromatic nitrogens is 2. The highest BCUT2D eigenvalue weighted by Gasteiger charge is 2.18. The SMILES string of the molecule is O=C1Cc2cc(Nc3nc(-c4cccc(OCCCN5CCOCC5)c4)nc4ccsc34)ccc2N1. The first kappa shape index (κ1) is 22.9. The summed E-state index contributed by atoms with van der Waals surface area (Å²) in [5, 5.41) is 8.35. The fourth-order valence-corrected chi connectivity index (χ4v) is 5.32. The highest BCUT2D eigenvalue weighted by molar-refractivity contribution is 7.17. The van der Waals surface area contributed by atoms with Crippen LogP contribution in [0.5, 0.6) is 5.75 Å². The highest BCUT2D eigenvalue weighted by atomic mass is 32.1. The summed E-state index contributed by atoms with van der Waals surface area (Å²) in [5.74, 6) is 2.23. The van der Waals surface area contributed by atoms with Gasteiger partial charge >= 0.3 is 0 Å². The summed E-state index contributed by atoms with van der Waals surface area (Å²) in [5.41, 5.74) is 4.54. The predicted octanol–water partition coefficient (Wildman–Crippen LogP) is 4.70. The molecule has 2 N–H and O–H groups in total. The number of amides is 1. The van der Waals surface area contributed by atoms with Crippen LogP contribution >= 0.6 is 11.3 Å². The smallest absolute Gasteiger partial charge is 0.228 e. The zero-order valence-corrected chi connectivity index (χ0v) is 20.6. The van der Waals surface area contributed by atoms with Crippen LogP contribution in [-0.4, -0.2) is 60.2 Å². The van der Waals surface area contributed by atoms with Gasteiger partial charge in [-0.3, -0.25) is 9.69 Å². The minimum Gasteiger partial charge on any atom is -0.494 e. The largest absolute Gasteiger partial charge is 0.494 e. The minimum atomic E-state index is 0.0234. The van der Waals surface area contributed by atoms with E-state index in [1.54, 1.807) is 11.3 Å². The highest BCUT2D eigenvalue weighted by Crippen LogP contribution is 2.33. The van der Waals surface area contributed by atoms with E-state index in [0.29, 0.717) is 18.9 Å². The maximum absolute atomic E-state index is 11.7. The molecule has 2 aromatic carbocycles.